The Morgan fingerprint density at radius 3 is 2.56 bits per heavy atom. The first kappa shape index (κ1) is 19.9. The highest BCUT2D eigenvalue weighted by molar-refractivity contribution is 6.00. The quantitative estimate of drug-likeness (QED) is 0.482. The van der Waals surface area contributed by atoms with Crippen LogP contribution in [0.2, 0.25) is 0 Å². The SMILES string of the molecule is O=C(NCCc1ccc2c(c1)OCCO2)c1ccccc1-c1ncc(-c2ccccc2)o1. The van der Waals surface area contributed by atoms with Crippen LogP contribution in [0.5, 0.6) is 11.5 Å². The van der Waals surface area contributed by atoms with E-state index in [0.717, 1.165) is 22.6 Å². The van der Waals surface area contributed by atoms with E-state index in [1.807, 2.05) is 66.7 Å². The minimum atomic E-state index is -0.169. The standard InChI is InChI=1S/C26H22N2O4/c29-25(27-13-12-18-10-11-22-23(16-18)31-15-14-30-22)20-8-4-5-9-21(20)26-28-17-24(32-26)19-6-2-1-3-7-19/h1-11,16-17H,12-15H2,(H,27,29). The van der Waals surface area contributed by atoms with Crippen molar-refractivity contribution in [2.45, 2.75) is 6.42 Å². The highest BCUT2D eigenvalue weighted by Crippen LogP contribution is 2.31. The van der Waals surface area contributed by atoms with E-state index >= 15 is 0 Å². The van der Waals surface area contributed by atoms with Crippen molar-refractivity contribution in [3.8, 4) is 34.3 Å². The van der Waals surface area contributed by atoms with Crippen LogP contribution in [0.15, 0.2) is 83.4 Å². The molecule has 5 rings (SSSR count). The maximum Gasteiger partial charge on any atom is 0.252 e. The van der Waals surface area contributed by atoms with Gasteiger partial charge in [0.05, 0.1) is 11.8 Å². The van der Waals surface area contributed by atoms with Crippen molar-refractivity contribution < 1.29 is 18.7 Å². The molecule has 0 unspecified atom stereocenters. The van der Waals surface area contributed by atoms with Crippen LogP contribution in [-0.2, 0) is 6.42 Å². The molecule has 1 aliphatic heterocycles. The number of carbonyl (C=O) groups is 1. The van der Waals surface area contributed by atoms with Crippen LogP contribution < -0.4 is 14.8 Å². The van der Waals surface area contributed by atoms with E-state index in [1.54, 1.807) is 12.3 Å². The Morgan fingerprint density at radius 2 is 1.69 bits per heavy atom. The predicted octanol–water partition coefficient (Wildman–Crippen LogP) is 4.75. The van der Waals surface area contributed by atoms with Crippen LogP contribution in [0.1, 0.15) is 15.9 Å². The van der Waals surface area contributed by atoms with E-state index in [1.165, 1.54) is 0 Å². The second-order valence-electron chi connectivity index (χ2n) is 7.43. The van der Waals surface area contributed by atoms with E-state index in [2.05, 4.69) is 10.3 Å². The lowest BCUT2D eigenvalue weighted by molar-refractivity contribution is 0.0954. The average molecular weight is 426 g/mol. The highest BCUT2D eigenvalue weighted by Gasteiger charge is 2.17. The number of oxazole rings is 1. The summed E-state index contributed by atoms with van der Waals surface area (Å²) in [6, 6.07) is 22.9. The molecule has 2 heterocycles. The van der Waals surface area contributed by atoms with E-state index in [9.17, 15) is 4.79 Å². The molecule has 6 heteroatoms. The molecule has 0 bridgehead atoms. The summed E-state index contributed by atoms with van der Waals surface area (Å²) in [6.07, 6.45) is 2.36. The number of aromatic nitrogens is 1. The zero-order valence-corrected chi connectivity index (χ0v) is 17.4. The van der Waals surface area contributed by atoms with Crippen LogP contribution >= 0.6 is 0 Å². The summed E-state index contributed by atoms with van der Waals surface area (Å²) in [6.45, 7) is 1.61. The Bertz CT molecular complexity index is 1230. The van der Waals surface area contributed by atoms with Crippen molar-refractivity contribution in [3.05, 3.63) is 90.1 Å². The Morgan fingerprint density at radius 1 is 0.906 bits per heavy atom. The third kappa shape index (κ3) is 4.21. The fourth-order valence-electron chi connectivity index (χ4n) is 3.66. The van der Waals surface area contributed by atoms with Crippen LogP contribution in [0.25, 0.3) is 22.8 Å². The van der Waals surface area contributed by atoms with E-state index in [4.69, 9.17) is 13.9 Å². The Labute approximate surface area is 185 Å². The number of ether oxygens (including phenoxy) is 2. The summed E-state index contributed by atoms with van der Waals surface area (Å²) in [5.41, 5.74) is 3.19. The number of nitrogens with zero attached hydrogens (tertiary/aromatic N) is 1. The van der Waals surface area contributed by atoms with Crippen molar-refractivity contribution >= 4 is 5.91 Å². The largest absolute Gasteiger partial charge is 0.486 e. The maximum absolute atomic E-state index is 12.9. The summed E-state index contributed by atoms with van der Waals surface area (Å²) >= 11 is 0. The Kier molecular flexibility index (Phi) is 5.58. The summed E-state index contributed by atoms with van der Waals surface area (Å²) in [4.78, 5) is 17.3. The van der Waals surface area contributed by atoms with Crippen LogP contribution in [0, 0.1) is 0 Å². The fraction of sp³-hybridized carbons (Fsp3) is 0.154. The second-order valence-corrected chi connectivity index (χ2v) is 7.43. The molecule has 6 nitrogen and oxygen atoms in total. The first-order valence-electron chi connectivity index (χ1n) is 10.6. The number of nitrogens with one attached hydrogen (secondary N) is 1. The van der Waals surface area contributed by atoms with E-state index in [-0.39, 0.29) is 5.91 Å². The van der Waals surface area contributed by atoms with Gasteiger partial charge in [0, 0.05) is 17.7 Å². The molecular formula is C26H22N2O4. The molecule has 0 saturated heterocycles. The van der Waals surface area contributed by atoms with Gasteiger partial charge >= 0.3 is 0 Å². The normalized spacial score (nSPS) is 12.4. The van der Waals surface area contributed by atoms with Crippen molar-refractivity contribution in [2.24, 2.45) is 0 Å². The molecule has 32 heavy (non-hydrogen) atoms. The van der Waals surface area contributed by atoms with Crippen molar-refractivity contribution in [1.29, 1.82) is 0 Å². The fourth-order valence-corrected chi connectivity index (χ4v) is 3.66. The van der Waals surface area contributed by atoms with Crippen LogP contribution in [0.3, 0.4) is 0 Å². The molecular weight excluding hydrogens is 404 g/mol. The number of hydrogen-bond donors (Lipinski definition) is 1. The number of fused-ring (bicyclic) bond motifs is 1. The van der Waals surface area contributed by atoms with Crippen molar-refractivity contribution in [2.75, 3.05) is 19.8 Å². The minimum Gasteiger partial charge on any atom is -0.486 e. The first-order chi connectivity index (χ1) is 15.8. The van der Waals surface area contributed by atoms with Crippen LogP contribution in [0.4, 0.5) is 0 Å². The Hall–Kier alpha value is -4.06. The van der Waals surface area contributed by atoms with Gasteiger partial charge in [-0.15, -0.1) is 0 Å². The van der Waals surface area contributed by atoms with Crippen molar-refractivity contribution in [1.82, 2.24) is 10.3 Å². The van der Waals surface area contributed by atoms with Gasteiger partial charge in [0.1, 0.15) is 13.2 Å². The monoisotopic (exact) mass is 426 g/mol. The van der Waals surface area contributed by atoms with Gasteiger partial charge in [0.15, 0.2) is 17.3 Å². The smallest absolute Gasteiger partial charge is 0.252 e. The van der Waals surface area contributed by atoms with E-state index in [0.29, 0.717) is 49.0 Å². The topological polar surface area (TPSA) is 73.6 Å². The predicted molar refractivity (Wildman–Crippen MR) is 121 cm³/mol. The maximum atomic E-state index is 12.9. The summed E-state index contributed by atoms with van der Waals surface area (Å²) in [5, 5.41) is 3.00. The van der Waals surface area contributed by atoms with Crippen molar-refractivity contribution in [3.63, 3.8) is 0 Å². The molecule has 3 aromatic carbocycles. The molecule has 0 spiro atoms. The minimum absolute atomic E-state index is 0.169. The molecule has 4 aromatic rings. The molecule has 1 aliphatic rings. The van der Waals surface area contributed by atoms with Crippen LogP contribution in [-0.4, -0.2) is 30.6 Å². The molecule has 1 aromatic heterocycles. The number of rotatable bonds is 6. The van der Waals surface area contributed by atoms with E-state index < -0.39 is 0 Å². The number of hydrogen-bond acceptors (Lipinski definition) is 5. The molecule has 1 amide bonds. The summed E-state index contributed by atoms with van der Waals surface area (Å²) in [7, 11) is 0. The zero-order chi connectivity index (χ0) is 21.8. The molecule has 0 atom stereocenters. The van der Waals surface area contributed by atoms with Gasteiger partial charge in [-0.2, -0.15) is 0 Å². The first-order valence-corrected chi connectivity index (χ1v) is 10.6. The summed E-state index contributed by atoms with van der Waals surface area (Å²) < 4.78 is 17.1. The van der Waals surface area contributed by atoms with Gasteiger partial charge in [-0.1, -0.05) is 48.5 Å². The van der Waals surface area contributed by atoms with Gasteiger partial charge < -0.3 is 19.2 Å². The molecule has 1 N–H and O–H groups in total. The van der Waals surface area contributed by atoms with Gasteiger partial charge in [-0.05, 0) is 36.2 Å². The average Bonchev–Trinajstić information content (AvgIpc) is 3.35. The molecule has 0 fully saturated rings. The molecule has 0 saturated carbocycles. The summed E-state index contributed by atoms with van der Waals surface area (Å²) in [5.74, 6) is 2.43. The molecule has 0 aliphatic carbocycles. The zero-order valence-electron chi connectivity index (χ0n) is 17.4. The highest BCUT2D eigenvalue weighted by atomic mass is 16.6. The van der Waals surface area contributed by atoms with Gasteiger partial charge in [-0.25, -0.2) is 4.98 Å². The lowest BCUT2D eigenvalue weighted by Gasteiger charge is -2.18. The van der Waals surface area contributed by atoms with Gasteiger partial charge in [0.2, 0.25) is 5.89 Å². The Balaban J connectivity index is 1.28. The lowest BCUT2D eigenvalue weighted by Crippen LogP contribution is -2.26. The number of carbonyl (C=O) groups excluding carboxylic acids is 1. The number of amides is 1. The third-order valence-electron chi connectivity index (χ3n) is 5.27. The van der Waals surface area contributed by atoms with Gasteiger partial charge in [0.25, 0.3) is 5.91 Å². The molecule has 0 radical (unpaired) electrons. The third-order valence-corrected chi connectivity index (χ3v) is 5.27. The number of benzene rings is 3. The molecule has 160 valence electrons. The second kappa shape index (κ2) is 8.98. The van der Waals surface area contributed by atoms with Gasteiger partial charge in [-0.3, -0.25) is 4.79 Å². The lowest BCUT2D eigenvalue weighted by atomic mass is 10.1.